The largest absolute Gasteiger partial charge is 0.463 e. The molecule has 0 spiro atoms. The normalized spacial score (nSPS) is 10.9. The van der Waals surface area contributed by atoms with Crippen LogP contribution in [0, 0.1) is 0 Å². The molecule has 4 rings (SSSR count). The Morgan fingerprint density at radius 3 is 2.71 bits per heavy atom. The van der Waals surface area contributed by atoms with Crippen molar-refractivity contribution >= 4 is 0 Å². The van der Waals surface area contributed by atoms with Crippen LogP contribution in [0.1, 0.15) is 0 Å². The van der Waals surface area contributed by atoms with Gasteiger partial charge in [-0.05, 0) is 12.1 Å². The number of hydrogen-bond acceptors (Lipinski definition) is 5. The van der Waals surface area contributed by atoms with E-state index in [9.17, 15) is 0 Å². The van der Waals surface area contributed by atoms with Crippen LogP contribution in [-0.2, 0) is 0 Å². The number of benzene rings is 1. The van der Waals surface area contributed by atoms with Crippen LogP contribution in [0.2, 0.25) is 0 Å². The molecule has 6 heteroatoms. The zero-order valence-electron chi connectivity index (χ0n) is 10.9. The Hall–Kier alpha value is -3.15. The Kier molecular flexibility index (Phi) is 2.64. The van der Waals surface area contributed by atoms with E-state index < -0.39 is 0 Å². The van der Waals surface area contributed by atoms with E-state index in [0.717, 1.165) is 5.56 Å². The summed E-state index contributed by atoms with van der Waals surface area (Å²) < 4.78 is 10.6. The van der Waals surface area contributed by atoms with E-state index in [4.69, 9.17) is 8.94 Å². The first-order valence-electron chi connectivity index (χ1n) is 6.39. The number of nitrogens with one attached hydrogen (secondary N) is 1. The van der Waals surface area contributed by atoms with Crippen molar-refractivity contribution in [1.29, 1.82) is 0 Å². The maximum atomic E-state index is 5.29. The van der Waals surface area contributed by atoms with E-state index >= 15 is 0 Å². The molecular weight excluding hydrogens is 268 g/mol. The number of aromatic amines is 1. The molecule has 0 bridgehead atoms. The van der Waals surface area contributed by atoms with E-state index in [1.807, 2.05) is 42.5 Å². The molecule has 0 fully saturated rings. The minimum absolute atomic E-state index is 0.388. The van der Waals surface area contributed by atoms with Gasteiger partial charge in [0.2, 0.25) is 5.82 Å². The van der Waals surface area contributed by atoms with E-state index in [-0.39, 0.29) is 0 Å². The standard InChI is InChI=1S/C15H10N4O2/c1-2-5-10(6-3-1)14-16-15(21-19-14)12-9-11(17-18-12)13-7-4-8-20-13/h1-9H,(H,17,18). The molecule has 0 unspecified atom stereocenters. The van der Waals surface area contributed by atoms with Crippen molar-refractivity contribution in [2.75, 3.05) is 0 Å². The van der Waals surface area contributed by atoms with Crippen molar-refractivity contribution in [1.82, 2.24) is 20.3 Å². The maximum Gasteiger partial charge on any atom is 0.276 e. The van der Waals surface area contributed by atoms with Crippen LogP contribution in [0.4, 0.5) is 0 Å². The Labute approximate surface area is 119 Å². The van der Waals surface area contributed by atoms with Gasteiger partial charge in [0.25, 0.3) is 5.89 Å². The highest BCUT2D eigenvalue weighted by Gasteiger charge is 2.14. The number of aromatic nitrogens is 4. The molecule has 0 radical (unpaired) electrons. The number of nitrogens with zero attached hydrogens (tertiary/aromatic N) is 3. The van der Waals surface area contributed by atoms with Crippen molar-refractivity contribution < 1.29 is 8.94 Å². The molecule has 0 amide bonds. The predicted molar refractivity (Wildman–Crippen MR) is 75.0 cm³/mol. The SMILES string of the molecule is c1ccc(-c2noc(-c3cc(-c4ccco4)n[nH]3)n2)cc1. The van der Waals surface area contributed by atoms with Gasteiger partial charge in [0.05, 0.1) is 6.26 Å². The minimum Gasteiger partial charge on any atom is -0.463 e. The molecule has 0 aliphatic heterocycles. The summed E-state index contributed by atoms with van der Waals surface area (Å²) in [7, 11) is 0. The molecule has 3 heterocycles. The van der Waals surface area contributed by atoms with Crippen molar-refractivity contribution in [3.8, 4) is 34.4 Å². The van der Waals surface area contributed by atoms with Gasteiger partial charge in [-0.15, -0.1) is 0 Å². The van der Waals surface area contributed by atoms with Gasteiger partial charge < -0.3 is 8.94 Å². The lowest BCUT2D eigenvalue weighted by Crippen LogP contribution is -1.80. The first kappa shape index (κ1) is 11.7. The topological polar surface area (TPSA) is 80.7 Å². The average Bonchev–Trinajstić information content (AvgIpc) is 3.27. The fourth-order valence-corrected chi connectivity index (χ4v) is 2.02. The third-order valence-electron chi connectivity index (χ3n) is 3.04. The summed E-state index contributed by atoms with van der Waals surface area (Å²) in [6.45, 7) is 0. The van der Waals surface area contributed by atoms with Crippen LogP contribution < -0.4 is 0 Å². The minimum atomic E-state index is 0.388. The monoisotopic (exact) mass is 278 g/mol. The fourth-order valence-electron chi connectivity index (χ4n) is 2.02. The van der Waals surface area contributed by atoms with E-state index in [1.54, 1.807) is 12.3 Å². The highest BCUT2D eigenvalue weighted by molar-refractivity contribution is 5.62. The molecular formula is C15H10N4O2. The van der Waals surface area contributed by atoms with Crippen LogP contribution in [0.5, 0.6) is 0 Å². The van der Waals surface area contributed by atoms with Gasteiger partial charge in [0, 0.05) is 11.6 Å². The molecule has 1 aromatic carbocycles. The van der Waals surface area contributed by atoms with E-state index in [0.29, 0.717) is 28.9 Å². The van der Waals surface area contributed by atoms with Gasteiger partial charge in [0.1, 0.15) is 11.4 Å². The molecule has 0 saturated heterocycles. The molecule has 21 heavy (non-hydrogen) atoms. The van der Waals surface area contributed by atoms with Crippen LogP contribution in [-0.4, -0.2) is 20.3 Å². The van der Waals surface area contributed by atoms with Crippen molar-refractivity contribution in [2.24, 2.45) is 0 Å². The Morgan fingerprint density at radius 2 is 1.90 bits per heavy atom. The Morgan fingerprint density at radius 1 is 1.00 bits per heavy atom. The third kappa shape index (κ3) is 2.12. The first-order chi connectivity index (χ1) is 10.4. The molecule has 1 N–H and O–H groups in total. The summed E-state index contributed by atoms with van der Waals surface area (Å²) in [6, 6.07) is 15.1. The van der Waals surface area contributed by atoms with Gasteiger partial charge in [-0.25, -0.2) is 0 Å². The van der Waals surface area contributed by atoms with Gasteiger partial charge in [0.15, 0.2) is 5.76 Å². The molecule has 0 aliphatic carbocycles. The van der Waals surface area contributed by atoms with Crippen molar-refractivity contribution in [3.63, 3.8) is 0 Å². The lowest BCUT2D eigenvalue weighted by atomic mass is 10.2. The highest BCUT2D eigenvalue weighted by Crippen LogP contribution is 2.24. The third-order valence-corrected chi connectivity index (χ3v) is 3.04. The van der Waals surface area contributed by atoms with Crippen LogP contribution in [0.25, 0.3) is 34.4 Å². The number of rotatable bonds is 3. The average molecular weight is 278 g/mol. The van der Waals surface area contributed by atoms with Crippen LogP contribution in [0.15, 0.2) is 63.7 Å². The lowest BCUT2D eigenvalue weighted by molar-refractivity contribution is 0.431. The molecule has 3 aromatic heterocycles. The molecule has 0 atom stereocenters. The van der Waals surface area contributed by atoms with Crippen molar-refractivity contribution in [2.45, 2.75) is 0 Å². The second kappa shape index (κ2) is 4.75. The molecule has 0 aliphatic rings. The fraction of sp³-hybridized carbons (Fsp3) is 0. The van der Waals surface area contributed by atoms with Crippen LogP contribution >= 0.6 is 0 Å². The molecule has 0 saturated carbocycles. The number of furan rings is 1. The maximum absolute atomic E-state index is 5.29. The summed E-state index contributed by atoms with van der Waals surface area (Å²) in [5.74, 6) is 1.61. The van der Waals surface area contributed by atoms with Crippen LogP contribution in [0.3, 0.4) is 0 Å². The highest BCUT2D eigenvalue weighted by atomic mass is 16.5. The Bertz CT molecular complexity index is 847. The zero-order valence-corrected chi connectivity index (χ0v) is 10.9. The quantitative estimate of drug-likeness (QED) is 0.621. The zero-order chi connectivity index (χ0) is 14.1. The molecule has 102 valence electrons. The molecule has 4 aromatic rings. The number of H-pyrrole nitrogens is 1. The first-order valence-corrected chi connectivity index (χ1v) is 6.39. The summed E-state index contributed by atoms with van der Waals surface area (Å²) in [5, 5.41) is 11.0. The summed E-state index contributed by atoms with van der Waals surface area (Å²) >= 11 is 0. The van der Waals surface area contributed by atoms with Gasteiger partial charge in [-0.1, -0.05) is 35.5 Å². The number of hydrogen-bond donors (Lipinski definition) is 1. The van der Waals surface area contributed by atoms with Gasteiger partial charge >= 0.3 is 0 Å². The second-order valence-corrected chi connectivity index (χ2v) is 4.43. The lowest BCUT2D eigenvalue weighted by Gasteiger charge is -1.90. The smallest absolute Gasteiger partial charge is 0.276 e. The predicted octanol–water partition coefficient (Wildman–Crippen LogP) is 3.39. The van der Waals surface area contributed by atoms with Gasteiger partial charge in [-0.2, -0.15) is 10.1 Å². The van der Waals surface area contributed by atoms with E-state index in [2.05, 4.69) is 20.3 Å². The van der Waals surface area contributed by atoms with Gasteiger partial charge in [-0.3, -0.25) is 5.10 Å². The summed E-state index contributed by atoms with van der Waals surface area (Å²) in [4.78, 5) is 4.37. The van der Waals surface area contributed by atoms with Crippen molar-refractivity contribution in [3.05, 3.63) is 54.8 Å². The second-order valence-electron chi connectivity index (χ2n) is 4.43. The summed E-state index contributed by atoms with van der Waals surface area (Å²) in [6.07, 6.45) is 1.60. The summed E-state index contributed by atoms with van der Waals surface area (Å²) in [5.41, 5.74) is 2.24. The molecule has 6 nitrogen and oxygen atoms in total. The Balaban J connectivity index is 1.67. The van der Waals surface area contributed by atoms with E-state index in [1.165, 1.54) is 0 Å².